The fraction of sp³-hybridized carbons (Fsp3) is 0.771. The maximum absolute atomic E-state index is 12.2. The maximum atomic E-state index is 12.2. The number of fused-ring (bicyclic) bond motifs is 2. The van der Waals surface area contributed by atoms with Crippen LogP contribution in [0.1, 0.15) is 104 Å². The number of carbonyl (C=O) groups excluding carboxylic acids is 2. The molecule has 2 aliphatic rings. The van der Waals surface area contributed by atoms with Gasteiger partial charge in [0.15, 0.2) is 14.9 Å². The van der Waals surface area contributed by atoms with Gasteiger partial charge < -0.3 is 24.0 Å². The molecule has 1 fully saturated rings. The van der Waals surface area contributed by atoms with Gasteiger partial charge in [-0.1, -0.05) is 66.0 Å². The van der Waals surface area contributed by atoms with E-state index in [0.29, 0.717) is 24.4 Å². The first-order chi connectivity index (χ1) is 20.8. The van der Waals surface area contributed by atoms with E-state index in [1.807, 2.05) is 6.07 Å². The topological polar surface area (TPSA) is 83.1 Å². The first-order valence-electron chi connectivity index (χ1n) is 17.3. The van der Waals surface area contributed by atoms with E-state index >= 15 is 0 Å². The lowest BCUT2D eigenvalue weighted by molar-refractivity contribution is -0.146. The summed E-state index contributed by atoms with van der Waals surface area (Å²) in [5.41, 5.74) is 2.57. The Balaban J connectivity index is 1.79. The molecule has 1 N–H and O–H groups in total. The van der Waals surface area contributed by atoms with Crippen LogP contribution in [0.3, 0.4) is 0 Å². The van der Waals surface area contributed by atoms with Crippen molar-refractivity contribution in [2.75, 3.05) is 20.3 Å². The highest BCUT2D eigenvalue weighted by Gasteiger charge is 2.48. The Morgan fingerprint density at radius 2 is 1.72 bits per heavy atom. The van der Waals surface area contributed by atoms with Crippen molar-refractivity contribution in [1.82, 2.24) is 5.32 Å². The summed E-state index contributed by atoms with van der Waals surface area (Å²) in [6.07, 6.45) is 10.9. The van der Waals surface area contributed by atoms with E-state index in [-0.39, 0.29) is 30.9 Å². The van der Waals surface area contributed by atoms with Crippen molar-refractivity contribution in [1.29, 1.82) is 0 Å². The van der Waals surface area contributed by atoms with E-state index in [0.717, 1.165) is 94.5 Å². The summed E-state index contributed by atoms with van der Waals surface area (Å²) in [7, 11) is -0.171. The second-order valence-electron chi connectivity index (χ2n) is 12.7. The normalized spacial score (nSPS) is 21.9. The van der Waals surface area contributed by atoms with Crippen LogP contribution in [-0.2, 0) is 31.5 Å². The van der Waals surface area contributed by atoms with Gasteiger partial charge in [-0.15, -0.1) is 0 Å². The number of amides is 1. The smallest absolute Gasteiger partial charge is 0.407 e. The molecule has 3 rings (SSSR count). The number of unbranched alkanes of at least 4 members (excludes halogenated alkanes) is 3. The van der Waals surface area contributed by atoms with Gasteiger partial charge in [0.2, 0.25) is 0 Å². The Morgan fingerprint density at radius 1 is 0.977 bits per heavy atom. The minimum atomic E-state index is -1.80. The average molecular weight is 618 g/mol. The van der Waals surface area contributed by atoms with Gasteiger partial charge in [-0.3, -0.25) is 0 Å². The molecule has 244 valence electrons. The predicted molar refractivity (Wildman–Crippen MR) is 175 cm³/mol. The molecule has 0 spiro atoms. The highest BCUT2D eigenvalue weighted by Crippen LogP contribution is 2.50. The van der Waals surface area contributed by atoms with Gasteiger partial charge in [0.1, 0.15) is 11.9 Å². The van der Waals surface area contributed by atoms with Crippen LogP contribution in [0.4, 0.5) is 4.79 Å². The number of hydrogen-bond donors (Lipinski definition) is 1. The lowest BCUT2D eigenvalue weighted by Crippen LogP contribution is -2.42. The number of ether oxygens (including phenoxy) is 3. The van der Waals surface area contributed by atoms with Crippen LogP contribution in [0.15, 0.2) is 18.2 Å². The second kappa shape index (κ2) is 18.0. The fourth-order valence-electron chi connectivity index (χ4n) is 7.35. The molecule has 1 unspecified atom stereocenters. The zero-order valence-corrected chi connectivity index (χ0v) is 28.9. The summed E-state index contributed by atoms with van der Waals surface area (Å²) < 4.78 is 24.5. The number of nitrogens with one attached hydrogen (secondary N) is 1. The molecule has 1 aromatic rings. The van der Waals surface area contributed by atoms with Gasteiger partial charge in [-0.25, -0.2) is 9.59 Å². The van der Waals surface area contributed by atoms with E-state index in [1.165, 1.54) is 11.1 Å². The maximum Gasteiger partial charge on any atom is 0.407 e. The highest BCUT2D eigenvalue weighted by molar-refractivity contribution is 6.73. The largest absolute Gasteiger partial charge is 0.482 e. The SMILES string of the molecule is CCCCC[C@@H](CC[C@H]1[C@H](O[Si](CC)(CC)CC)CC2Cc3c(cccc3OCC(=O)OCCCC)C[C@@H]21)OC(=O)NC. The predicted octanol–water partition coefficient (Wildman–Crippen LogP) is 8.24. The van der Waals surface area contributed by atoms with Gasteiger partial charge in [0, 0.05) is 13.2 Å². The molecule has 0 saturated heterocycles. The Labute approximate surface area is 262 Å². The average Bonchev–Trinajstić information content (AvgIpc) is 3.35. The van der Waals surface area contributed by atoms with Crippen LogP contribution < -0.4 is 10.1 Å². The quantitative estimate of drug-likeness (QED) is 0.0956. The standard InChI is InChI=1S/C35H59NO6Si/c1-7-12-14-17-28(41-35(38)36-6)19-20-29-30-22-26-16-15-18-32(40-25-34(37)39-21-13-8-2)31(26)23-27(30)24-33(29)42-43(9-3,10-4)11-5/h15-16,18,27-30,33H,7-14,17,19-25H2,1-6H3,(H,36,38)/t27?,28-,29+,30-,33+/m0/s1. The summed E-state index contributed by atoms with van der Waals surface area (Å²) in [6.45, 7) is 11.6. The van der Waals surface area contributed by atoms with E-state index in [1.54, 1.807) is 7.05 Å². The van der Waals surface area contributed by atoms with Crippen molar-refractivity contribution in [2.45, 2.75) is 136 Å². The van der Waals surface area contributed by atoms with Crippen LogP contribution in [0.5, 0.6) is 5.75 Å². The summed E-state index contributed by atoms with van der Waals surface area (Å²) >= 11 is 0. The zero-order valence-electron chi connectivity index (χ0n) is 27.9. The fourth-order valence-corrected chi connectivity index (χ4v) is 10.3. The number of carbonyl (C=O) groups is 2. The van der Waals surface area contributed by atoms with Gasteiger partial charge in [0.05, 0.1) is 6.61 Å². The van der Waals surface area contributed by atoms with Crippen molar-refractivity contribution < 1.29 is 28.2 Å². The summed E-state index contributed by atoms with van der Waals surface area (Å²) in [5.74, 6) is 2.00. The van der Waals surface area contributed by atoms with Gasteiger partial charge in [-0.05, 0) is 104 Å². The summed E-state index contributed by atoms with van der Waals surface area (Å²) in [5, 5.41) is 2.65. The molecular formula is C35H59NO6Si. The lowest BCUT2D eigenvalue weighted by atomic mass is 9.73. The zero-order chi connectivity index (χ0) is 31.2. The van der Waals surface area contributed by atoms with Crippen molar-refractivity contribution in [3.63, 3.8) is 0 Å². The van der Waals surface area contributed by atoms with Gasteiger partial charge >= 0.3 is 12.1 Å². The van der Waals surface area contributed by atoms with Crippen molar-refractivity contribution in [3.05, 3.63) is 29.3 Å². The van der Waals surface area contributed by atoms with E-state index in [2.05, 4.69) is 52.1 Å². The molecule has 1 amide bonds. The molecule has 1 aromatic carbocycles. The molecule has 0 bridgehead atoms. The number of benzene rings is 1. The lowest BCUT2D eigenvalue weighted by Gasteiger charge is -2.36. The van der Waals surface area contributed by atoms with E-state index in [9.17, 15) is 9.59 Å². The molecule has 0 heterocycles. The summed E-state index contributed by atoms with van der Waals surface area (Å²) in [6, 6.07) is 9.71. The molecule has 0 aromatic heterocycles. The first-order valence-corrected chi connectivity index (χ1v) is 19.8. The highest BCUT2D eigenvalue weighted by atomic mass is 28.4. The summed E-state index contributed by atoms with van der Waals surface area (Å²) in [4.78, 5) is 24.4. The van der Waals surface area contributed by atoms with Crippen molar-refractivity contribution in [2.24, 2.45) is 17.8 Å². The molecule has 0 aliphatic heterocycles. The second-order valence-corrected chi connectivity index (χ2v) is 17.5. The molecule has 5 atom stereocenters. The molecule has 2 aliphatic carbocycles. The Hall–Kier alpha value is -2.06. The number of rotatable bonds is 19. The molecule has 43 heavy (non-hydrogen) atoms. The number of hydrogen-bond acceptors (Lipinski definition) is 6. The van der Waals surface area contributed by atoms with Crippen LogP contribution in [0, 0.1) is 17.8 Å². The Bertz CT molecular complexity index is 990. The van der Waals surface area contributed by atoms with Gasteiger partial charge in [0.25, 0.3) is 0 Å². The monoisotopic (exact) mass is 617 g/mol. The molecule has 8 heteroatoms. The third-order valence-electron chi connectivity index (χ3n) is 10.2. The van der Waals surface area contributed by atoms with Crippen LogP contribution >= 0.6 is 0 Å². The van der Waals surface area contributed by atoms with Gasteiger partial charge in [-0.2, -0.15) is 0 Å². The Morgan fingerprint density at radius 3 is 2.40 bits per heavy atom. The molecule has 7 nitrogen and oxygen atoms in total. The molecule has 1 saturated carbocycles. The number of alkyl carbamates (subject to hydrolysis) is 1. The van der Waals surface area contributed by atoms with E-state index in [4.69, 9.17) is 18.6 Å². The third kappa shape index (κ3) is 9.97. The molecular weight excluding hydrogens is 558 g/mol. The van der Waals surface area contributed by atoms with E-state index < -0.39 is 8.32 Å². The van der Waals surface area contributed by atoms with Crippen LogP contribution in [0.2, 0.25) is 18.1 Å². The minimum absolute atomic E-state index is 0.0506. The number of esters is 1. The minimum Gasteiger partial charge on any atom is -0.482 e. The van der Waals surface area contributed by atoms with Crippen molar-refractivity contribution >= 4 is 20.4 Å². The first kappa shape index (κ1) is 35.4. The van der Waals surface area contributed by atoms with Crippen LogP contribution in [-0.4, -0.2) is 52.8 Å². The molecule has 0 radical (unpaired) electrons. The Kier molecular flexibility index (Phi) is 14.9. The van der Waals surface area contributed by atoms with Crippen molar-refractivity contribution in [3.8, 4) is 5.75 Å². The third-order valence-corrected chi connectivity index (χ3v) is 14.9. The van der Waals surface area contributed by atoms with Crippen LogP contribution in [0.25, 0.3) is 0 Å².